The predicted molar refractivity (Wildman–Crippen MR) is 88.1 cm³/mol. The first-order valence-corrected chi connectivity index (χ1v) is 7.88. The standard InChI is InChI=1S/C17H17FN2O6/c1-25-10-4-2-9(3-5-10)14(22)15(23)16-11(18)8-13(26-16)20-7-6-12(21)19-17(20)24/h2-7,11,13,15-16,23H,8H2,1H3,(H,19,21,24)/t11-,13+,15?,16-/m0/s1. The summed E-state index contributed by atoms with van der Waals surface area (Å²) in [5.41, 5.74) is -1.17. The Morgan fingerprint density at radius 1 is 1.35 bits per heavy atom. The fraction of sp³-hybridized carbons (Fsp3) is 0.353. The van der Waals surface area contributed by atoms with Gasteiger partial charge in [-0.25, -0.2) is 9.18 Å². The lowest BCUT2D eigenvalue weighted by Gasteiger charge is -2.20. The van der Waals surface area contributed by atoms with Gasteiger partial charge in [-0.3, -0.25) is 19.1 Å². The van der Waals surface area contributed by atoms with Gasteiger partial charge in [-0.1, -0.05) is 0 Å². The lowest BCUT2D eigenvalue weighted by molar-refractivity contribution is -0.0616. The largest absolute Gasteiger partial charge is 0.497 e. The second kappa shape index (κ2) is 7.22. The number of hydrogen-bond acceptors (Lipinski definition) is 6. The summed E-state index contributed by atoms with van der Waals surface area (Å²) in [4.78, 5) is 37.3. The average Bonchev–Trinajstić information content (AvgIpc) is 3.02. The van der Waals surface area contributed by atoms with Crippen molar-refractivity contribution in [2.45, 2.75) is 31.0 Å². The molecule has 2 aromatic rings. The molecule has 2 N–H and O–H groups in total. The molecule has 0 radical (unpaired) electrons. The van der Waals surface area contributed by atoms with Crippen LogP contribution in [0.4, 0.5) is 4.39 Å². The van der Waals surface area contributed by atoms with E-state index in [1.807, 2.05) is 4.98 Å². The van der Waals surface area contributed by atoms with Crippen molar-refractivity contribution in [3.8, 4) is 5.75 Å². The minimum Gasteiger partial charge on any atom is -0.497 e. The van der Waals surface area contributed by atoms with Crippen molar-refractivity contribution in [3.63, 3.8) is 0 Å². The summed E-state index contributed by atoms with van der Waals surface area (Å²) < 4.78 is 25.7. The van der Waals surface area contributed by atoms with Crippen LogP contribution in [0.5, 0.6) is 5.75 Å². The molecule has 138 valence electrons. The third-order valence-electron chi connectivity index (χ3n) is 4.21. The smallest absolute Gasteiger partial charge is 0.330 e. The number of aliphatic hydroxyl groups is 1. The molecule has 0 aliphatic carbocycles. The topological polar surface area (TPSA) is 111 Å². The molecule has 1 aromatic carbocycles. The summed E-state index contributed by atoms with van der Waals surface area (Å²) in [6.45, 7) is 0. The minimum atomic E-state index is -1.73. The molecular formula is C17H17FN2O6. The maximum atomic E-state index is 14.3. The van der Waals surface area contributed by atoms with Gasteiger partial charge in [0.1, 0.15) is 30.4 Å². The van der Waals surface area contributed by atoms with E-state index in [4.69, 9.17) is 9.47 Å². The average molecular weight is 364 g/mol. The Hall–Kier alpha value is -2.78. The first kappa shape index (κ1) is 18.0. The quantitative estimate of drug-likeness (QED) is 0.744. The molecule has 1 aliphatic rings. The lowest BCUT2D eigenvalue weighted by atomic mass is 9.99. The Kier molecular flexibility index (Phi) is 5.01. The molecule has 8 nitrogen and oxygen atoms in total. The van der Waals surface area contributed by atoms with Gasteiger partial charge >= 0.3 is 5.69 Å². The molecule has 0 amide bonds. The van der Waals surface area contributed by atoms with E-state index in [0.29, 0.717) is 5.75 Å². The maximum Gasteiger partial charge on any atom is 0.330 e. The Labute approximate surface area is 146 Å². The molecule has 1 aromatic heterocycles. The molecule has 1 unspecified atom stereocenters. The van der Waals surface area contributed by atoms with Gasteiger partial charge < -0.3 is 14.6 Å². The Morgan fingerprint density at radius 3 is 2.65 bits per heavy atom. The van der Waals surface area contributed by atoms with Gasteiger partial charge in [-0.05, 0) is 24.3 Å². The number of aliphatic hydroxyl groups excluding tert-OH is 1. The van der Waals surface area contributed by atoms with Gasteiger partial charge in [0.2, 0.25) is 0 Å². The van der Waals surface area contributed by atoms with Gasteiger partial charge in [0.25, 0.3) is 5.56 Å². The normalized spacial score (nSPS) is 23.6. The maximum absolute atomic E-state index is 14.3. The number of hydrogen-bond donors (Lipinski definition) is 2. The number of rotatable bonds is 5. The number of nitrogens with one attached hydrogen (secondary N) is 1. The SMILES string of the molecule is COc1ccc(C(=O)C(O)[C@H]2O[C@@H](n3ccc(=O)[nH]c3=O)C[C@@H]2F)cc1. The van der Waals surface area contributed by atoms with Crippen LogP contribution in [-0.2, 0) is 4.74 Å². The number of carbonyl (C=O) groups is 1. The zero-order valence-corrected chi connectivity index (χ0v) is 13.8. The van der Waals surface area contributed by atoms with Crippen LogP contribution in [0, 0.1) is 0 Å². The molecule has 0 spiro atoms. The molecule has 1 saturated heterocycles. The summed E-state index contributed by atoms with van der Waals surface area (Å²) in [6.07, 6.45) is -4.90. The van der Waals surface area contributed by atoms with Crippen LogP contribution in [0.2, 0.25) is 0 Å². The molecule has 9 heteroatoms. The Bertz CT molecular complexity index is 906. The third-order valence-corrected chi connectivity index (χ3v) is 4.21. The molecule has 0 bridgehead atoms. The van der Waals surface area contributed by atoms with E-state index < -0.39 is 41.6 Å². The summed E-state index contributed by atoms with van der Waals surface area (Å²) in [6, 6.07) is 7.10. The number of methoxy groups -OCH3 is 1. The number of benzene rings is 1. The van der Waals surface area contributed by atoms with Gasteiger partial charge in [-0.2, -0.15) is 0 Å². The molecule has 0 saturated carbocycles. The molecule has 1 aliphatic heterocycles. The number of ketones is 1. The zero-order valence-electron chi connectivity index (χ0n) is 13.8. The summed E-state index contributed by atoms with van der Waals surface area (Å²) >= 11 is 0. The highest BCUT2D eigenvalue weighted by molar-refractivity contribution is 5.99. The first-order chi connectivity index (χ1) is 12.4. The molecule has 26 heavy (non-hydrogen) atoms. The number of halogens is 1. The molecule has 3 rings (SSSR count). The number of nitrogens with zero attached hydrogens (tertiary/aromatic N) is 1. The van der Waals surface area contributed by atoms with E-state index in [-0.39, 0.29) is 12.0 Å². The number of H-pyrrole nitrogens is 1. The fourth-order valence-corrected chi connectivity index (χ4v) is 2.83. The Balaban J connectivity index is 1.77. The van der Waals surface area contributed by atoms with Gasteiger partial charge in [0.15, 0.2) is 5.78 Å². The molecule has 1 fully saturated rings. The lowest BCUT2D eigenvalue weighted by Crippen LogP contribution is -2.39. The molecular weight excluding hydrogens is 347 g/mol. The minimum absolute atomic E-state index is 0.179. The number of carbonyl (C=O) groups excluding carboxylic acids is 1. The number of aromatic amines is 1. The van der Waals surface area contributed by atoms with Crippen molar-refractivity contribution in [2.24, 2.45) is 0 Å². The van der Waals surface area contributed by atoms with Gasteiger partial charge in [0.05, 0.1) is 7.11 Å². The van der Waals surface area contributed by atoms with Crippen LogP contribution in [-0.4, -0.2) is 45.9 Å². The highest BCUT2D eigenvalue weighted by Gasteiger charge is 2.43. The summed E-state index contributed by atoms with van der Waals surface area (Å²) in [5, 5.41) is 10.3. The first-order valence-electron chi connectivity index (χ1n) is 7.88. The number of alkyl halides is 1. The van der Waals surface area contributed by atoms with Crippen molar-refractivity contribution in [3.05, 3.63) is 62.9 Å². The van der Waals surface area contributed by atoms with Crippen LogP contribution in [0.3, 0.4) is 0 Å². The van der Waals surface area contributed by atoms with Crippen molar-refractivity contribution in [2.75, 3.05) is 7.11 Å². The van der Waals surface area contributed by atoms with Crippen LogP contribution >= 0.6 is 0 Å². The second-order valence-electron chi connectivity index (χ2n) is 5.86. The monoisotopic (exact) mass is 364 g/mol. The number of aromatic nitrogens is 2. The van der Waals surface area contributed by atoms with Crippen molar-refractivity contribution in [1.29, 1.82) is 0 Å². The summed E-state index contributed by atoms with van der Waals surface area (Å²) in [7, 11) is 1.48. The van der Waals surface area contributed by atoms with Gasteiger partial charge in [-0.15, -0.1) is 0 Å². The number of Topliss-reactive ketones (excluding diaryl/α,β-unsaturated/α-hetero) is 1. The fourth-order valence-electron chi connectivity index (χ4n) is 2.83. The van der Waals surface area contributed by atoms with E-state index in [9.17, 15) is 23.9 Å². The van der Waals surface area contributed by atoms with Crippen molar-refractivity contribution in [1.82, 2.24) is 9.55 Å². The van der Waals surface area contributed by atoms with E-state index >= 15 is 0 Å². The van der Waals surface area contributed by atoms with Crippen LogP contribution in [0.15, 0.2) is 46.1 Å². The van der Waals surface area contributed by atoms with E-state index in [0.717, 1.165) is 10.6 Å². The van der Waals surface area contributed by atoms with E-state index in [1.54, 1.807) is 12.1 Å². The van der Waals surface area contributed by atoms with Crippen molar-refractivity contribution >= 4 is 5.78 Å². The highest BCUT2D eigenvalue weighted by Crippen LogP contribution is 2.32. The van der Waals surface area contributed by atoms with Crippen LogP contribution in [0.25, 0.3) is 0 Å². The highest BCUT2D eigenvalue weighted by atomic mass is 19.1. The van der Waals surface area contributed by atoms with E-state index in [2.05, 4.69) is 0 Å². The van der Waals surface area contributed by atoms with E-state index in [1.165, 1.54) is 25.4 Å². The molecule has 4 atom stereocenters. The third kappa shape index (κ3) is 3.44. The Morgan fingerprint density at radius 2 is 2.04 bits per heavy atom. The summed E-state index contributed by atoms with van der Waals surface area (Å²) in [5.74, 6) is -0.163. The number of ether oxygens (including phenoxy) is 2. The molecule has 2 heterocycles. The van der Waals surface area contributed by atoms with Crippen molar-refractivity contribution < 1.29 is 23.8 Å². The van der Waals surface area contributed by atoms with Crippen LogP contribution < -0.4 is 16.0 Å². The predicted octanol–water partition coefficient (Wildman–Crippen LogP) is 0.415. The van der Waals surface area contributed by atoms with Gasteiger partial charge in [0, 0.05) is 24.2 Å². The second-order valence-corrected chi connectivity index (χ2v) is 5.86. The van der Waals surface area contributed by atoms with Crippen LogP contribution in [0.1, 0.15) is 23.0 Å². The zero-order chi connectivity index (χ0) is 18.8.